The molecule has 1 aliphatic rings. The van der Waals surface area contributed by atoms with E-state index < -0.39 is 0 Å². The zero-order valence-electron chi connectivity index (χ0n) is 12.7. The van der Waals surface area contributed by atoms with Gasteiger partial charge >= 0.3 is 0 Å². The number of nitrogens with zero attached hydrogens (tertiary/aromatic N) is 3. The van der Waals surface area contributed by atoms with Crippen LogP contribution in [-0.4, -0.2) is 28.8 Å². The summed E-state index contributed by atoms with van der Waals surface area (Å²) in [5.74, 6) is 1.81. The van der Waals surface area contributed by atoms with E-state index in [0.717, 1.165) is 30.4 Å². The molecule has 3 rings (SSSR count). The topological polar surface area (TPSA) is 58.1 Å². The van der Waals surface area contributed by atoms with E-state index in [1.165, 1.54) is 19.3 Å². The average molecular weight is 296 g/mol. The van der Waals surface area contributed by atoms with Crippen LogP contribution < -0.4 is 10.2 Å². The molecule has 5 nitrogen and oxygen atoms in total. The Morgan fingerprint density at radius 2 is 1.82 bits per heavy atom. The molecule has 2 aromatic rings. The van der Waals surface area contributed by atoms with Crippen LogP contribution in [0.1, 0.15) is 36.5 Å². The molecular weight excluding hydrogens is 276 g/mol. The number of aromatic nitrogens is 2. The zero-order valence-corrected chi connectivity index (χ0v) is 12.7. The van der Waals surface area contributed by atoms with Gasteiger partial charge in [-0.1, -0.05) is 0 Å². The first-order valence-corrected chi connectivity index (χ1v) is 7.67. The highest BCUT2D eigenvalue weighted by molar-refractivity contribution is 5.94. The summed E-state index contributed by atoms with van der Waals surface area (Å²) in [6.07, 6.45) is 5.34. The first kappa shape index (κ1) is 14.5. The standard InChI is InChI=1S/C17H20N4O/c1-13(22)14-5-7-15(8-6-14)20-16-11-17(19-12-18-16)21-9-3-2-4-10-21/h5-8,11-12H,2-4,9-10H2,1H3,(H,18,19,20). The van der Waals surface area contributed by atoms with Crippen LogP contribution in [0.15, 0.2) is 36.7 Å². The number of rotatable bonds is 4. The Morgan fingerprint density at radius 1 is 1.09 bits per heavy atom. The summed E-state index contributed by atoms with van der Waals surface area (Å²) in [5, 5.41) is 3.26. The van der Waals surface area contributed by atoms with Crippen LogP contribution in [0.25, 0.3) is 0 Å². The van der Waals surface area contributed by atoms with Crippen LogP contribution in [0.4, 0.5) is 17.3 Å². The van der Waals surface area contributed by atoms with E-state index in [1.54, 1.807) is 13.3 Å². The fraction of sp³-hybridized carbons (Fsp3) is 0.353. The molecule has 2 heterocycles. The first-order valence-electron chi connectivity index (χ1n) is 7.67. The number of carbonyl (C=O) groups is 1. The highest BCUT2D eigenvalue weighted by atomic mass is 16.1. The van der Waals surface area contributed by atoms with Gasteiger partial charge in [-0.05, 0) is 50.5 Å². The number of nitrogens with one attached hydrogen (secondary N) is 1. The summed E-state index contributed by atoms with van der Waals surface area (Å²) in [6.45, 7) is 3.69. The van der Waals surface area contributed by atoms with E-state index in [0.29, 0.717) is 5.56 Å². The normalized spacial score (nSPS) is 14.7. The van der Waals surface area contributed by atoms with Crippen LogP contribution in [0, 0.1) is 0 Å². The summed E-state index contributed by atoms with van der Waals surface area (Å²) in [7, 11) is 0. The van der Waals surface area contributed by atoms with Crippen LogP contribution in [0.2, 0.25) is 0 Å². The van der Waals surface area contributed by atoms with Gasteiger partial charge in [-0.3, -0.25) is 4.79 Å². The Hall–Kier alpha value is -2.43. The van der Waals surface area contributed by atoms with E-state index >= 15 is 0 Å². The van der Waals surface area contributed by atoms with E-state index in [-0.39, 0.29) is 5.78 Å². The van der Waals surface area contributed by atoms with Crippen molar-refractivity contribution in [3.63, 3.8) is 0 Å². The number of hydrogen-bond acceptors (Lipinski definition) is 5. The van der Waals surface area contributed by atoms with Gasteiger partial charge < -0.3 is 10.2 Å². The van der Waals surface area contributed by atoms with Gasteiger partial charge in [0.05, 0.1) is 0 Å². The molecule has 0 amide bonds. The van der Waals surface area contributed by atoms with Crippen LogP contribution >= 0.6 is 0 Å². The summed E-state index contributed by atoms with van der Waals surface area (Å²) in [6, 6.07) is 9.39. The Kier molecular flexibility index (Phi) is 4.32. The smallest absolute Gasteiger partial charge is 0.159 e. The van der Waals surface area contributed by atoms with Crippen molar-refractivity contribution < 1.29 is 4.79 Å². The second-order valence-electron chi connectivity index (χ2n) is 5.57. The third-order valence-corrected chi connectivity index (χ3v) is 3.90. The van der Waals surface area contributed by atoms with Gasteiger partial charge in [-0.15, -0.1) is 0 Å². The summed E-state index contributed by atoms with van der Waals surface area (Å²) in [4.78, 5) is 22.2. The second-order valence-corrected chi connectivity index (χ2v) is 5.57. The van der Waals surface area contributed by atoms with Gasteiger partial charge in [0.2, 0.25) is 0 Å². The summed E-state index contributed by atoms with van der Waals surface area (Å²) in [5.41, 5.74) is 1.62. The maximum absolute atomic E-state index is 11.3. The Labute approximate surface area is 130 Å². The van der Waals surface area contributed by atoms with Crippen molar-refractivity contribution in [1.29, 1.82) is 0 Å². The molecular formula is C17H20N4O. The number of anilines is 3. The molecule has 0 saturated carbocycles. The lowest BCUT2D eigenvalue weighted by atomic mass is 10.1. The molecule has 0 aliphatic carbocycles. The highest BCUT2D eigenvalue weighted by Crippen LogP contribution is 2.21. The predicted molar refractivity (Wildman–Crippen MR) is 87.8 cm³/mol. The minimum atomic E-state index is 0.0703. The lowest BCUT2D eigenvalue weighted by Crippen LogP contribution is -2.30. The largest absolute Gasteiger partial charge is 0.356 e. The van der Waals surface area contributed by atoms with Crippen molar-refractivity contribution in [2.24, 2.45) is 0 Å². The monoisotopic (exact) mass is 296 g/mol. The van der Waals surface area contributed by atoms with Crippen LogP contribution in [0.3, 0.4) is 0 Å². The molecule has 0 spiro atoms. The van der Waals surface area contributed by atoms with Crippen molar-refractivity contribution in [3.8, 4) is 0 Å². The number of piperidine rings is 1. The van der Waals surface area contributed by atoms with Gasteiger partial charge in [0.1, 0.15) is 18.0 Å². The van der Waals surface area contributed by atoms with Crippen LogP contribution in [-0.2, 0) is 0 Å². The minimum Gasteiger partial charge on any atom is -0.356 e. The van der Waals surface area contributed by atoms with E-state index in [2.05, 4.69) is 20.2 Å². The zero-order chi connectivity index (χ0) is 15.4. The molecule has 1 aromatic carbocycles. The molecule has 1 fully saturated rings. The number of ketones is 1. The molecule has 1 aromatic heterocycles. The maximum Gasteiger partial charge on any atom is 0.159 e. The van der Waals surface area contributed by atoms with Gasteiger partial charge in [-0.2, -0.15) is 0 Å². The van der Waals surface area contributed by atoms with Gasteiger partial charge in [0, 0.05) is 30.4 Å². The Bertz CT molecular complexity index is 648. The lowest BCUT2D eigenvalue weighted by molar-refractivity contribution is 0.101. The molecule has 1 saturated heterocycles. The maximum atomic E-state index is 11.3. The van der Waals surface area contributed by atoms with Gasteiger partial charge in [0.15, 0.2) is 5.78 Å². The van der Waals surface area contributed by atoms with Crippen molar-refractivity contribution in [2.45, 2.75) is 26.2 Å². The predicted octanol–water partition coefficient (Wildman–Crippen LogP) is 3.41. The Balaban J connectivity index is 1.73. The molecule has 0 unspecified atom stereocenters. The van der Waals surface area contributed by atoms with Crippen molar-refractivity contribution in [1.82, 2.24) is 9.97 Å². The molecule has 1 aliphatic heterocycles. The lowest BCUT2D eigenvalue weighted by Gasteiger charge is -2.27. The fourth-order valence-electron chi connectivity index (χ4n) is 2.65. The Morgan fingerprint density at radius 3 is 2.50 bits per heavy atom. The molecule has 22 heavy (non-hydrogen) atoms. The van der Waals surface area contributed by atoms with Gasteiger partial charge in [-0.25, -0.2) is 9.97 Å². The molecule has 0 radical (unpaired) electrons. The average Bonchev–Trinajstić information content (AvgIpc) is 2.56. The SMILES string of the molecule is CC(=O)c1ccc(Nc2cc(N3CCCCC3)ncn2)cc1. The van der Waals surface area contributed by atoms with Crippen molar-refractivity contribution in [3.05, 3.63) is 42.2 Å². The highest BCUT2D eigenvalue weighted by Gasteiger charge is 2.12. The van der Waals surface area contributed by atoms with Crippen LogP contribution in [0.5, 0.6) is 0 Å². The molecule has 1 N–H and O–H groups in total. The van der Waals surface area contributed by atoms with E-state index in [9.17, 15) is 4.79 Å². The fourth-order valence-corrected chi connectivity index (χ4v) is 2.65. The number of carbonyl (C=O) groups excluding carboxylic acids is 1. The molecule has 5 heteroatoms. The van der Waals surface area contributed by atoms with E-state index in [1.807, 2.05) is 30.3 Å². The first-order chi connectivity index (χ1) is 10.7. The van der Waals surface area contributed by atoms with Crippen molar-refractivity contribution in [2.75, 3.05) is 23.3 Å². The van der Waals surface area contributed by atoms with Gasteiger partial charge in [0.25, 0.3) is 0 Å². The van der Waals surface area contributed by atoms with E-state index in [4.69, 9.17) is 0 Å². The third-order valence-electron chi connectivity index (χ3n) is 3.90. The third kappa shape index (κ3) is 3.42. The minimum absolute atomic E-state index is 0.0703. The number of Topliss-reactive ketones (excluding diaryl/α,β-unsaturated/α-hetero) is 1. The number of hydrogen-bond donors (Lipinski definition) is 1. The molecule has 114 valence electrons. The molecule has 0 bridgehead atoms. The molecule has 0 atom stereocenters. The number of benzene rings is 1. The second kappa shape index (κ2) is 6.56. The summed E-state index contributed by atoms with van der Waals surface area (Å²) < 4.78 is 0. The quantitative estimate of drug-likeness (QED) is 0.876. The summed E-state index contributed by atoms with van der Waals surface area (Å²) >= 11 is 0. The van der Waals surface area contributed by atoms with Crippen molar-refractivity contribution >= 4 is 23.1 Å².